The molecule has 0 aliphatic heterocycles. The number of hydrogen-bond donors (Lipinski definition) is 1. The molecule has 0 saturated heterocycles. The molecule has 0 aliphatic carbocycles. The van der Waals surface area contributed by atoms with Crippen LogP contribution >= 0.6 is 0 Å². The van der Waals surface area contributed by atoms with Crippen LogP contribution in [0.5, 0.6) is 0 Å². The van der Waals surface area contributed by atoms with Crippen LogP contribution in [0, 0.1) is 5.21 Å². The Kier molecular flexibility index (Phi) is 5.07. The number of amides is 1. The summed E-state index contributed by atoms with van der Waals surface area (Å²) in [6, 6.07) is 15.0. The summed E-state index contributed by atoms with van der Waals surface area (Å²) in [5.41, 5.74) is 1.42. The van der Waals surface area contributed by atoms with Crippen LogP contribution in [0.4, 0.5) is 0 Å². The molecule has 7 nitrogen and oxygen atoms in total. The number of hydrogen-bond acceptors (Lipinski definition) is 5. The summed E-state index contributed by atoms with van der Waals surface area (Å²) in [4.78, 5) is 28.7. The van der Waals surface area contributed by atoms with E-state index in [1.54, 1.807) is 24.3 Å². The summed E-state index contributed by atoms with van der Waals surface area (Å²) in [5, 5.41) is 15.0. The SMILES string of the molecule is COC(=O)[C@H](Cc1ccccc1)NC(=O)c1cnc2ccccc2[n+]1[O-]. The highest BCUT2D eigenvalue weighted by Crippen LogP contribution is 2.08. The highest BCUT2D eigenvalue weighted by atomic mass is 16.5. The van der Waals surface area contributed by atoms with Gasteiger partial charge in [0, 0.05) is 12.5 Å². The third-order valence-electron chi connectivity index (χ3n) is 3.95. The van der Waals surface area contributed by atoms with Gasteiger partial charge >= 0.3 is 17.6 Å². The summed E-state index contributed by atoms with van der Waals surface area (Å²) in [5.74, 6) is -1.28. The van der Waals surface area contributed by atoms with Crippen LogP contribution < -0.4 is 10.0 Å². The molecule has 0 saturated carbocycles. The maximum absolute atomic E-state index is 12.6. The van der Waals surface area contributed by atoms with Crippen molar-refractivity contribution in [3.63, 3.8) is 0 Å². The smallest absolute Gasteiger partial charge is 0.328 e. The van der Waals surface area contributed by atoms with Gasteiger partial charge in [-0.1, -0.05) is 42.5 Å². The van der Waals surface area contributed by atoms with E-state index in [2.05, 4.69) is 10.3 Å². The first-order chi connectivity index (χ1) is 12.6. The number of ether oxygens (including phenoxy) is 1. The lowest BCUT2D eigenvalue weighted by Gasteiger charge is -2.16. The second-order valence-electron chi connectivity index (χ2n) is 5.67. The molecule has 1 aromatic heterocycles. The van der Waals surface area contributed by atoms with Gasteiger partial charge in [0.05, 0.1) is 7.11 Å². The van der Waals surface area contributed by atoms with Crippen molar-refractivity contribution >= 4 is 22.9 Å². The van der Waals surface area contributed by atoms with Gasteiger partial charge in [0.2, 0.25) is 5.52 Å². The van der Waals surface area contributed by atoms with Gasteiger partial charge in [-0.2, -0.15) is 4.73 Å². The minimum atomic E-state index is -0.915. The predicted octanol–water partition coefficient (Wildman–Crippen LogP) is 1.38. The Balaban J connectivity index is 1.86. The van der Waals surface area contributed by atoms with Crippen molar-refractivity contribution in [2.75, 3.05) is 7.11 Å². The maximum atomic E-state index is 12.6. The fourth-order valence-electron chi connectivity index (χ4n) is 2.63. The van der Waals surface area contributed by atoms with E-state index in [1.165, 1.54) is 13.3 Å². The molecule has 3 aromatic rings. The largest absolute Gasteiger partial charge is 0.618 e. The molecule has 0 unspecified atom stereocenters. The molecule has 2 aromatic carbocycles. The fraction of sp³-hybridized carbons (Fsp3) is 0.158. The number of nitrogens with zero attached hydrogens (tertiary/aromatic N) is 2. The van der Waals surface area contributed by atoms with Crippen LogP contribution in [0.2, 0.25) is 0 Å². The molecule has 0 bridgehead atoms. The molecule has 132 valence electrons. The van der Waals surface area contributed by atoms with E-state index in [-0.39, 0.29) is 17.6 Å². The third-order valence-corrected chi connectivity index (χ3v) is 3.95. The number of rotatable bonds is 5. The number of para-hydroxylation sites is 2. The van der Waals surface area contributed by atoms with Crippen molar-refractivity contribution in [2.45, 2.75) is 12.5 Å². The van der Waals surface area contributed by atoms with Gasteiger partial charge < -0.3 is 15.3 Å². The number of nitrogens with one attached hydrogen (secondary N) is 1. The molecule has 0 aliphatic rings. The van der Waals surface area contributed by atoms with Crippen LogP contribution in [0.1, 0.15) is 16.1 Å². The maximum Gasteiger partial charge on any atom is 0.328 e. The predicted molar refractivity (Wildman–Crippen MR) is 94.1 cm³/mol. The quantitative estimate of drug-likeness (QED) is 0.426. The zero-order valence-corrected chi connectivity index (χ0v) is 14.1. The van der Waals surface area contributed by atoms with Crippen LogP contribution in [-0.4, -0.2) is 30.0 Å². The van der Waals surface area contributed by atoms with Crippen molar-refractivity contribution in [1.82, 2.24) is 10.3 Å². The standard InChI is InChI=1S/C19H17N3O4/c1-26-19(24)15(11-13-7-3-2-4-8-13)21-18(23)17-12-20-14-9-5-6-10-16(14)22(17)25/h2-10,12,15H,11H2,1H3,(H,21,23)/t15-/m0/s1. The molecule has 1 heterocycles. The molecule has 1 amide bonds. The monoisotopic (exact) mass is 351 g/mol. The van der Waals surface area contributed by atoms with Gasteiger partial charge in [0.25, 0.3) is 0 Å². The lowest BCUT2D eigenvalue weighted by molar-refractivity contribution is -0.580. The molecule has 0 spiro atoms. The van der Waals surface area contributed by atoms with Crippen molar-refractivity contribution in [3.8, 4) is 0 Å². The van der Waals surface area contributed by atoms with Crippen molar-refractivity contribution in [2.24, 2.45) is 0 Å². The van der Waals surface area contributed by atoms with Crippen LogP contribution in [0.3, 0.4) is 0 Å². The first-order valence-corrected chi connectivity index (χ1v) is 8.00. The van der Waals surface area contributed by atoms with Crippen molar-refractivity contribution in [1.29, 1.82) is 0 Å². The topological polar surface area (TPSA) is 95.2 Å². The second-order valence-corrected chi connectivity index (χ2v) is 5.67. The number of esters is 1. The van der Waals surface area contributed by atoms with Gasteiger partial charge in [-0.05, 0) is 11.6 Å². The summed E-state index contributed by atoms with van der Waals surface area (Å²) in [7, 11) is 1.25. The lowest BCUT2D eigenvalue weighted by Crippen LogP contribution is -2.47. The number of carbonyl (C=O) groups excluding carboxylic acids is 2. The van der Waals surface area contributed by atoms with Gasteiger partial charge in [-0.3, -0.25) is 4.79 Å². The number of benzene rings is 2. The number of methoxy groups -OCH3 is 1. The Labute approximate surface area is 149 Å². The van der Waals surface area contributed by atoms with E-state index < -0.39 is 17.9 Å². The van der Waals surface area contributed by atoms with Gasteiger partial charge in [0.15, 0.2) is 0 Å². The van der Waals surface area contributed by atoms with Gasteiger partial charge in [-0.15, -0.1) is 0 Å². The molecule has 1 N–H and O–H groups in total. The Morgan fingerprint density at radius 1 is 1.15 bits per heavy atom. The van der Waals surface area contributed by atoms with E-state index >= 15 is 0 Å². The molecule has 0 fully saturated rings. The average molecular weight is 351 g/mol. The van der Waals surface area contributed by atoms with E-state index in [0.29, 0.717) is 10.2 Å². The van der Waals surface area contributed by atoms with E-state index in [0.717, 1.165) is 5.56 Å². The molecule has 3 rings (SSSR count). The zero-order chi connectivity index (χ0) is 18.5. The minimum absolute atomic E-state index is 0.189. The molecule has 0 radical (unpaired) electrons. The van der Waals surface area contributed by atoms with Crippen LogP contribution in [0.25, 0.3) is 11.0 Å². The van der Waals surface area contributed by atoms with E-state index in [1.807, 2.05) is 30.3 Å². The van der Waals surface area contributed by atoms with Gasteiger partial charge in [0.1, 0.15) is 17.8 Å². The molecule has 7 heteroatoms. The zero-order valence-electron chi connectivity index (χ0n) is 14.1. The Morgan fingerprint density at radius 2 is 1.85 bits per heavy atom. The van der Waals surface area contributed by atoms with Crippen LogP contribution in [0.15, 0.2) is 60.8 Å². The van der Waals surface area contributed by atoms with Crippen molar-refractivity contribution in [3.05, 3.63) is 77.3 Å². The molecule has 1 atom stereocenters. The number of carbonyl (C=O) groups is 2. The van der Waals surface area contributed by atoms with Gasteiger partial charge in [-0.25, -0.2) is 9.78 Å². The van der Waals surface area contributed by atoms with Crippen molar-refractivity contribution < 1.29 is 19.1 Å². The minimum Gasteiger partial charge on any atom is -0.618 e. The highest BCUT2D eigenvalue weighted by Gasteiger charge is 2.27. The van der Waals surface area contributed by atoms with Crippen LogP contribution in [-0.2, 0) is 16.0 Å². The fourth-order valence-corrected chi connectivity index (χ4v) is 2.63. The highest BCUT2D eigenvalue weighted by molar-refractivity contribution is 5.94. The summed E-state index contributed by atoms with van der Waals surface area (Å²) < 4.78 is 5.28. The Morgan fingerprint density at radius 3 is 2.58 bits per heavy atom. The second kappa shape index (κ2) is 7.60. The molecular formula is C19H17N3O4. The summed E-state index contributed by atoms with van der Waals surface area (Å²) in [6.45, 7) is 0. The first-order valence-electron chi connectivity index (χ1n) is 8.00. The molecular weight excluding hydrogens is 334 g/mol. The number of aromatic nitrogens is 2. The summed E-state index contributed by atoms with van der Waals surface area (Å²) >= 11 is 0. The van der Waals surface area contributed by atoms with E-state index in [4.69, 9.17) is 4.74 Å². The Hall–Kier alpha value is -3.48. The Bertz CT molecular complexity index is 944. The lowest BCUT2D eigenvalue weighted by atomic mass is 10.1. The number of fused-ring (bicyclic) bond motifs is 1. The molecule has 26 heavy (non-hydrogen) atoms. The third kappa shape index (κ3) is 3.61. The normalized spacial score (nSPS) is 11.7. The average Bonchev–Trinajstić information content (AvgIpc) is 2.68. The first kappa shape index (κ1) is 17.3. The van der Waals surface area contributed by atoms with E-state index in [9.17, 15) is 14.8 Å². The summed E-state index contributed by atoms with van der Waals surface area (Å²) in [6.07, 6.45) is 1.45.